The second kappa shape index (κ2) is 4.79. The number of nitriles is 1. The van der Waals surface area contributed by atoms with E-state index in [1.807, 2.05) is 19.1 Å². The molecule has 0 spiro atoms. The van der Waals surface area contributed by atoms with Gasteiger partial charge in [0.15, 0.2) is 0 Å². The first-order valence-corrected chi connectivity index (χ1v) is 6.40. The third kappa shape index (κ3) is 2.29. The average Bonchev–Trinajstić information content (AvgIpc) is 2.71. The topological polar surface area (TPSA) is 35.8 Å². The second-order valence-corrected chi connectivity index (χ2v) is 5.18. The number of benzene rings is 1. The number of nitrogens with zero attached hydrogens (tertiary/aromatic N) is 1. The first kappa shape index (κ1) is 12.0. The Kier molecular flexibility index (Phi) is 3.38. The van der Waals surface area contributed by atoms with Gasteiger partial charge in [0, 0.05) is 11.7 Å². The number of nitrogens with one attached hydrogen (secondary N) is 1. The van der Waals surface area contributed by atoms with Crippen molar-refractivity contribution in [3.63, 3.8) is 0 Å². The van der Waals surface area contributed by atoms with Crippen LogP contribution in [0.25, 0.3) is 0 Å². The molecule has 0 heterocycles. The molecule has 1 aliphatic carbocycles. The maximum Gasteiger partial charge on any atom is 0.0994 e. The molecule has 17 heavy (non-hydrogen) atoms. The van der Waals surface area contributed by atoms with E-state index in [1.54, 1.807) is 0 Å². The van der Waals surface area contributed by atoms with Crippen LogP contribution in [0.2, 0.25) is 0 Å². The summed E-state index contributed by atoms with van der Waals surface area (Å²) in [5.74, 6) is 0.755. The van der Waals surface area contributed by atoms with Crippen LogP contribution in [-0.4, -0.2) is 6.04 Å². The molecule has 1 aromatic rings. The van der Waals surface area contributed by atoms with Crippen molar-refractivity contribution >= 4 is 5.69 Å². The zero-order valence-electron chi connectivity index (χ0n) is 10.9. The highest BCUT2D eigenvalue weighted by Gasteiger charge is 2.23. The molecule has 0 amide bonds. The molecule has 1 aliphatic rings. The zero-order valence-corrected chi connectivity index (χ0v) is 10.9. The lowest BCUT2D eigenvalue weighted by molar-refractivity contribution is 0.556. The minimum atomic E-state index is 0.598. The van der Waals surface area contributed by atoms with E-state index in [0.717, 1.165) is 17.0 Å². The Balaban J connectivity index is 2.22. The molecule has 1 unspecified atom stereocenters. The molecule has 1 fully saturated rings. The van der Waals surface area contributed by atoms with Crippen LogP contribution >= 0.6 is 0 Å². The maximum absolute atomic E-state index is 8.99. The first-order chi connectivity index (χ1) is 8.13. The molecule has 0 aliphatic heterocycles. The van der Waals surface area contributed by atoms with Gasteiger partial charge in [-0.3, -0.25) is 0 Å². The van der Waals surface area contributed by atoms with Crippen LogP contribution in [0, 0.1) is 31.1 Å². The van der Waals surface area contributed by atoms with E-state index in [4.69, 9.17) is 5.26 Å². The minimum Gasteiger partial charge on any atom is -0.382 e. The summed E-state index contributed by atoms with van der Waals surface area (Å²) in [6.07, 6.45) is 3.92. The minimum absolute atomic E-state index is 0.598. The summed E-state index contributed by atoms with van der Waals surface area (Å²) < 4.78 is 0. The highest BCUT2D eigenvalue weighted by molar-refractivity contribution is 5.59. The summed E-state index contributed by atoms with van der Waals surface area (Å²) in [6.45, 7) is 6.44. The average molecular weight is 228 g/mol. The van der Waals surface area contributed by atoms with Crippen LogP contribution in [-0.2, 0) is 0 Å². The van der Waals surface area contributed by atoms with Crippen LogP contribution in [0.5, 0.6) is 0 Å². The molecule has 0 bridgehead atoms. The van der Waals surface area contributed by atoms with Gasteiger partial charge >= 0.3 is 0 Å². The predicted octanol–water partition coefficient (Wildman–Crippen LogP) is 3.78. The third-order valence-corrected chi connectivity index (χ3v) is 4.11. The van der Waals surface area contributed by atoms with Gasteiger partial charge in [-0.1, -0.05) is 13.3 Å². The Bertz CT molecular complexity index is 457. The second-order valence-electron chi connectivity index (χ2n) is 5.18. The van der Waals surface area contributed by atoms with Gasteiger partial charge in [-0.25, -0.2) is 0 Å². The van der Waals surface area contributed by atoms with Gasteiger partial charge in [-0.2, -0.15) is 5.26 Å². The predicted molar refractivity (Wildman–Crippen MR) is 71.1 cm³/mol. The largest absolute Gasteiger partial charge is 0.382 e. The van der Waals surface area contributed by atoms with Gasteiger partial charge in [-0.15, -0.1) is 0 Å². The Morgan fingerprint density at radius 3 is 2.59 bits per heavy atom. The summed E-state index contributed by atoms with van der Waals surface area (Å²) in [4.78, 5) is 0. The number of hydrogen-bond acceptors (Lipinski definition) is 2. The van der Waals surface area contributed by atoms with Gasteiger partial charge < -0.3 is 5.32 Å². The molecule has 0 aromatic heterocycles. The summed E-state index contributed by atoms with van der Waals surface area (Å²) >= 11 is 0. The van der Waals surface area contributed by atoms with Gasteiger partial charge in [-0.05, 0) is 55.9 Å². The summed E-state index contributed by atoms with van der Waals surface area (Å²) in [5.41, 5.74) is 4.29. The highest BCUT2D eigenvalue weighted by Crippen LogP contribution is 2.30. The normalized spacial score (nSPS) is 23.4. The quantitative estimate of drug-likeness (QED) is 0.836. The van der Waals surface area contributed by atoms with Crippen molar-refractivity contribution in [2.45, 2.75) is 46.1 Å². The molecule has 2 nitrogen and oxygen atoms in total. The fourth-order valence-electron chi connectivity index (χ4n) is 2.66. The Morgan fingerprint density at radius 1 is 1.24 bits per heavy atom. The lowest BCUT2D eigenvalue weighted by atomic mass is 10.0. The summed E-state index contributed by atoms with van der Waals surface area (Å²) in [7, 11) is 0. The molecule has 2 heteroatoms. The van der Waals surface area contributed by atoms with E-state index in [0.29, 0.717) is 6.04 Å². The number of anilines is 1. The molecule has 90 valence electrons. The molecule has 2 rings (SSSR count). The molecule has 0 radical (unpaired) electrons. The van der Waals surface area contributed by atoms with Crippen LogP contribution in [0.4, 0.5) is 5.69 Å². The lowest BCUT2D eigenvalue weighted by Gasteiger charge is -2.21. The summed E-state index contributed by atoms with van der Waals surface area (Å²) in [6, 6.07) is 6.80. The van der Waals surface area contributed by atoms with Crippen molar-refractivity contribution in [3.8, 4) is 6.07 Å². The lowest BCUT2D eigenvalue weighted by Crippen LogP contribution is -2.22. The van der Waals surface area contributed by atoms with Crippen LogP contribution in [0.1, 0.15) is 42.9 Å². The SMILES string of the molecule is Cc1c(C#N)ccc(N[C@@H]2CCCC2C)c1C. The molecule has 2 atom stereocenters. The Labute approximate surface area is 104 Å². The highest BCUT2D eigenvalue weighted by atomic mass is 14.9. The smallest absolute Gasteiger partial charge is 0.0994 e. The molecule has 1 aromatic carbocycles. The third-order valence-electron chi connectivity index (χ3n) is 4.11. The van der Waals surface area contributed by atoms with Gasteiger partial charge in [0.1, 0.15) is 0 Å². The molecule has 1 saturated carbocycles. The van der Waals surface area contributed by atoms with Gasteiger partial charge in [0.2, 0.25) is 0 Å². The van der Waals surface area contributed by atoms with Crippen LogP contribution in [0.3, 0.4) is 0 Å². The van der Waals surface area contributed by atoms with E-state index >= 15 is 0 Å². The molecule has 0 saturated heterocycles. The van der Waals surface area contributed by atoms with E-state index in [1.165, 1.54) is 30.5 Å². The van der Waals surface area contributed by atoms with Crippen molar-refractivity contribution in [2.24, 2.45) is 5.92 Å². The fourth-order valence-corrected chi connectivity index (χ4v) is 2.66. The molecular formula is C15H20N2. The first-order valence-electron chi connectivity index (χ1n) is 6.40. The zero-order chi connectivity index (χ0) is 12.4. The Hall–Kier alpha value is -1.49. The number of rotatable bonds is 2. The molecule has 1 N–H and O–H groups in total. The van der Waals surface area contributed by atoms with Crippen LogP contribution < -0.4 is 5.32 Å². The summed E-state index contributed by atoms with van der Waals surface area (Å²) in [5, 5.41) is 12.6. The van der Waals surface area contributed by atoms with E-state index in [9.17, 15) is 0 Å². The van der Waals surface area contributed by atoms with Crippen LogP contribution in [0.15, 0.2) is 12.1 Å². The Morgan fingerprint density at radius 2 is 2.00 bits per heavy atom. The number of hydrogen-bond donors (Lipinski definition) is 1. The van der Waals surface area contributed by atoms with Gasteiger partial charge in [0.25, 0.3) is 0 Å². The van der Waals surface area contributed by atoms with E-state index in [2.05, 4.69) is 25.2 Å². The van der Waals surface area contributed by atoms with Crippen molar-refractivity contribution in [1.29, 1.82) is 5.26 Å². The van der Waals surface area contributed by atoms with Gasteiger partial charge in [0.05, 0.1) is 11.6 Å². The van der Waals surface area contributed by atoms with E-state index < -0.39 is 0 Å². The van der Waals surface area contributed by atoms with Crippen molar-refractivity contribution in [1.82, 2.24) is 0 Å². The standard InChI is InChI=1S/C15H20N2/c1-10-5-4-6-14(10)17-15-8-7-13(9-16)11(2)12(15)3/h7-8,10,14,17H,4-6H2,1-3H3/t10?,14-/m1/s1. The fraction of sp³-hybridized carbons (Fsp3) is 0.533. The van der Waals surface area contributed by atoms with Crippen molar-refractivity contribution in [3.05, 3.63) is 28.8 Å². The van der Waals surface area contributed by atoms with Crippen molar-refractivity contribution < 1.29 is 0 Å². The van der Waals surface area contributed by atoms with Crippen molar-refractivity contribution in [2.75, 3.05) is 5.32 Å². The maximum atomic E-state index is 8.99. The molecular weight excluding hydrogens is 208 g/mol. The van der Waals surface area contributed by atoms with E-state index in [-0.39, 0.29) is 0 Å². The monoisotopic (exact) mass is 228 g/mol.